The first-order valence-corrected chi connectivity index (χ1v) is 8.64. The lowest BCUT2D eigenvalue weighted by molar-refractivity contribution is -0.123. The van der Waals surface area contributed by atoms with Gasteiger partial charge in [-0.3, -0.25) is 4.79 Å². The zero-order valence-corrected chi connectivity index (χ0v) is 15.5. The topological polar surface area (TPSA) is 73.2 Å². The van der Waals surface area contributed by atoms with Crippen LogP contribution in [0.25, 0.3) is 5.69 Å². The summed E-state index contributed by atoms with van der Waals surface area (Å²) in [6, 6.07) is 14.4. The van der Waals surface area contributed by atoms with Gasteiger partial charge in [0.15, 0.2) is 6.10 Å². The maximum Gasteiger partial charge on any atom is 0.338 e. The lowest BCUT2D eigenvalue weighted by Crippen LogP contribution is -2.30. The first-order valence-electron chi connectivity index (χ1n) is 8.64. The number of amides is 1. The van der Waals surface area contributed by atoms with Gasteiger partial charge in [-0.2, -0.15) is 5.10 Å². The molecule has 138 valence electrons. The molecule has 0 radical (unpaired) electrons. The highest BCUT2D eigenvalue weighted by Crippen LogP contribution is 2.20. The number of anilines is 1. The molecule has 3 aromatic rings. The fraction of sp³-hybridized carbons (Fsp3) is 0.190. The van der Waals surface area contributed by atoms with Crippen molar-refractivity contribution < 1.29 is 14.3 Å². The minimum absolute atomic E-state index is 0.367. The summed E-state index contributed by atoms with van der Waals surface area (Å²) in [6.45, 7) is 5.39. The van der Waals surface area contributed by atoms with Crippen molar-refractivity contribution in [3.05, 3.63) is 77.6 Å². The second-order valence-corrected chi connectivity index (χ2v) is 6.30. The first-order chi connectivity index (χ1) is 13.0. The van der Waals surface area contributed by atoms with E-state index < -0.39 is 12.1 Å². The van der Waals surface area contributed by atoms with Crippen LogP contribution in [0, 0.1) is 13.8 Å². The Bertz CT molecular complexity index is 927. The van der Waals surface area contributed by atoms with Crippen LogP contribution >= 0.6 is 0 Å². The van der Waals surface area contributed by atoms with Crippen LogP contribution in [0.5, 0.6) is 0 Å². The van der Waals surface area contributed by atoms with E-state index in [0.29, 0.717) is 5.56 Å². The maximum absolute atomic E-state index is 12.4. The van der Waals surface area contributed by atoms with E-state index in [-0.39, 0.29) is 5.91 Å². The summed E-state index contributed by atoms with van der Waals surface area (Å²) >= 11 is 0. The molecular formula is C21H21N3O3. The Morgan fingerprint density at radius 1 is 1.04 bits per heavy atom. The third-order valence-corrected chi connectivity index (χ3v) is 4.25. The van der Waals surface area contributed by atoms with E-state index in [9.17, 15) is 9.59 Å². The molecule has 0 aliphatic rings. The molecule has 0 saturated heterocycles. The number of hydrogen-bond acceptors (Lipinski definition) is 4. The maximum atomic E-state index is 12.4. The Balaban J connectivity index is 1.64. The van der Waals surface area contributed by atoms with Crippen molar-refractivity contribution in [3.63, 3.8) is 0 Å². The van der Waals surface area contributed by atoms with Crippen LogP contribution in [-0.4, -0.2) is 27.8 Å². The zero-order valence-electron chi connectivity index (χ0n) is 15.5. The zero-order chi connectivity index (χ0) is 19.4. The van der Waals surface area contributed by atoms with Crippen molar-refractivity contribution in [1.82, 2.24) is 9.78 Å². The summed E-state index contributed by atoms with van der Waals surface area (Å²) in [4.78, 5) is 24.7. The van der Waals surface area contributed by atoms with Crippen molar-refractivity contribution in [2.24, 2.45) is 0 Å². The van der Waals surface area contributed by atoms with Crippen LogP contribution in [0.2, 0.25) is 0 Å². The summed E-state index contributed by atoms with van der Waals surface area (Å²) in [5, 5.41) is 6.97. The third-order valence-electron chi connectivity index (χ3n) is 4.25. The average Bonchev–Trinajstić information content (AvgIpc) is 3.19. The first kappa shape index (κ1) is 18.4. The molecule has 2 aromatic carbocycles. The molecule has 0 fully saturated rings. The normalized spacial score (nSPS) is 11.7. The van der Waals surface area contributed by atoms with Crippen LogP contribution in [0.4, 0.5) is 5.69 Å². The number of nitrogens with zero attached hydrogens (tertiary/aromatic N) is 2. The molecule has 0 saturated carbocycles. The molecule has 0 aliphatic heterocycles. The largest absolute Gasteiger partial charge is 0.449 e. The SMILES string of the molecule is Cc1cccc(C)c1NC(=O)[C@@H](C)OC(=O)c1ccc(-n2cccn2)cc1. The number of esters is 1. The summed E-state index contributed by atoms with van der Waals surface area (Å²) in [5.41, 5.74) is 3.86. The average molecular weight is 363 g/mol. The van der Waals surface area contributed by atoms with Gasteiger partial charge >= 0.3 is 5.97 Å². The van der Waals surface area contributed by atoms with E-state index >= 15 is 0 Å². The Labute approximate surface area is 157 Å². The number of hydrogen-bond donors (Lipinski definition) is 1. The molecule has 1 atom stereocenters. The predicted octanol–water partition coefficient (Wildman–Crippen LogP) is 3.67. The number of nitrogens with one attached hydrogen (secondary N) is 1. The summed E-state index contributed by atoms with van der Waals surface area (Å²) in [6.07, 6.45) is 2.58. The molecule has 0 unspecified atom stereocenters. The minimum atomic E-state index is -0.915. The molecule has 6 heteroatoms. The van der Waals surface area contributed by atoms with E-state index in [1.807, 2.05) is 44.3 Å². The fourth-order valence-electron chi connectivity index (χ4n) is 2.69. The van der Waals surface area contributed by atoms with Crippen LogP contribution in [0.15, 0.2) is 60.9 Å². The Morgan fingerprint density at radius 2 is 1.70 bits per heavy atom. The van der Waals surface area contributed by atoms with Gasteiger partial charge < -0.3 is 10.1 Å². The van der Waals surface area contributed by atoms with Gasteiger partial charge in [-0.05, 0) is 62.2 Å². The molecule has 6 nitrogen and oxygen atoms in total. The van der Waals surface area contributed by atoms with E-state index in [0.717, 1.165) is 22.5 Å². The number of benzene rings is 2. The van der Waals surface area contributed by atoms with Gasteiger partial charge in [0.2, 0.25) is 0 Å². The predicted molar refractivity (Wildman–Crippen MR) is 103 cm³/mol. The number of para-hydroxylation sites is 1. The van der Waals surface area contributed by atoms with Crippen molar-refractivity contribution in [1.29, 1.82) is 0 Å². The summed E-state index contributed by atoms with van der Waals surface area (Å²) in [7, 11) is 0. The highest BCUT2D eigenvalue weighted by Gasteiger charge is 2.20. The van der Waals surface area contributed by atoms with Crippen LogP contribution < -0.4 is 5.32 Å². The fourth-order valence-corrected chi connectivity index (χ4v) is 2.69. The quantitative estimate of drug-likeness (QED) is 0.702. The number of rotatable bonds is 5. The van der Waals surface area contributed by atoms with Gasteiger partial charge in [0.05, 0.1) is 11.3 Å². The van der Waals surface area contributed by atoms with Crippen molar-refractivity contribution >= 4 is 17.6 Å². The van der Waals surface area contributed by atoms with E-state index in [1.54, 1.807) is 42.1 Å². The molecular weight excluding hydrogens is 342 g/mol. The summed E-state index contributed by atoms with van der Waals surface area (Å²) < 4.78 is 7.00. The highest BCUT2D eigenvalue weighted by molar-refractivity contribution is 5.98. The monoisotopic (exact) mass is 363 g/mol. The number of ether oxygens (including phenoxy) is 1. The smallest absolute Gasteiger partial charge is 0.338 e. The molecule has 27 heavy (non-hydrogen) atoms. The lowest BCUT2D eigenvalue weighted by atomic mass is 10.1. The minimum Gasteiger partial charge on any atom is -0.449 e. The molecule has 1 aromatic heterocycles. The number of aromatic nitrogens is 2. The summed E-state index contributed by atoms with van der Waals surface area (Å²) in [5.74, 6) is -0.917. The second kappa shape index (κ2) is 7.86. The van der Waals surface area contributed by atoms with Crippen molar-refractivity contribution in [3.8, 4) is 5.69 Å². The van der Waals surface area contributed by atoms with E-state index in [2.05, 4.69) is 10.4 Å². The number of carbonyl (C=O) groups excluding carboxylic acids is 2. The molecule has 0 bridgehead atoms. The van der Waals surface area contributed by atoms with Gasteiger partial charge in [-0.25, -0.2) is 9.48 Å². The van der Waals surface area contributed by atoms with Gasteiger partial charge in [-0.1, -0.05) is 18.2 Å². The molecule has 1 N–H and O–H groups in total. The lowest BCUT2D eigenvalue weighted by Gasteiger charge is -2.16. The van der Waals surface area contributed by atoms with Gasteiger partial charge in [0.1, 0.15) is 0 Å². The Kier molecular flexibility index (Phi) is 5.35. The Morgan fingerprint density at radius 3 is 2.30 bits per heavy atom. The van der Waals surface area contributed by atoms with Crippen molar-refractivity contribution in [2.45, 2.75) is 26.9 Å². The van der Waals surface area contributed by atoms with Crippen LogP contribution in [0.3, 0.4) is 0 Å². The van der Waals surface area contributed by atoms with Gasteiger partial charge in [0.25, 0.3) is 5.91 Å². The van der Waals surface area contributed by atoms with Crippen molar-refractivity contribution in [2.75, 3.05) is 5.32 Å². The van der Waals surface area contributed by atoms with E-state index in [4.69, 9.17) is 4.74 Å². The molecule has 1 heterocycles. The molecule has 0 aliphatic carbocycles. The van der Waals surface area contributed by atoms with E-state index in [1.165, 1.54) is 0 Å². The standard InChI is InChI=1S/C21H21N3O3/c1-14-6-4-7-15(2)19(14)23-20(25)16(3)27-21(26)17-8-10-18(11-9-17)24-13-5-12-22-24/h4-13,16H,1-3H3,(H,23,25)/t16-/m1/s1. The van der Waals surface area contributed by atoms with Gasteiger partial charge in [-0.15, -0.1) is 0 Å². The Hall–Kier alpha value is -3.41. The third kappa shape index (κ3) is 4.23. The molecule has 1 amide bonds. The molecule has 3 rings (SSSR count). The number of aryl methyl sites for hydroxylation is 2. The molecule has 0 spiro atoms. The van der Waals surface area contributed by atoms with Crippen LogP contribution in [0.1, 0.15) is 28.4 Å². The highest BCUT2D eigenvalue weighted by atomic mass is 16.5. The number of carbonyl (C=O) groups is 2. The second-order valence-electron chi connectivity index (χ2n) is 6.30. The van der Waals surface area contributed by atoms with Crippen LogP contribution in [-0.2, 0) is 9.53 Å². The van der Waals surface area contributed by atoms with Gasteiger partial charge in [0, 0.05) is 18.1 Å².